The highest BCUT2D eigenvalue weighted by Crippen LogP contribution is 2.48. The molecule has 0 aliphatic heterocycles. The minimum atomic E-state index is 0.0494. The second-order valence-electron chi connectivity index (χ2n) is 4.64. The Balaban J connectivity index is 2.13. The summed E-state index contributed by atoms with van der Waals surface area (Å²) in [6.07, 6.45) is 2.20. The lowest BCUT2D eigenvalue weighted by Crippen LogP contribution is -2.11. The standard InChI is InChI=1S/C14H13ClO/c15-13-4-2-10-7-12(3-1-11(10)8-13)14(9-16)5-6-14/h1-4,7-8,16H,5-6,9H2. The summed E-state index contributed by atoms with van der Waals surface area (Å²) in [5.74, 6) is 0. The van der Waals surface area contributed by atoms with Crippen molar-refractivity contribution >= 4 is 22.4 Å². The molecule has 0 heterocycles. The molecule has 0 spiro atoms. The summed E-state index contributed by atoms with van der Waals surface area (Å²) in [6.45, 7) is 0.256. The van der Waals surface area contributed by atoms with Crippen LogP contribution >= 0.6 is 11.6 Å². The van der Waals surface area contributed by atoms with Crippen LogP contribution in [-0.4, -0.2) is 11.7 Å². The predicted molar refractivity (Wildman–Crippen MR) is 67.0 cm³/mol. The number of aliphatic hydroxyl groups excluding tert-OH is 1. The number of hydrogen-bond acceptors (Lipinski definition) is 1. The highest BCUT2D eigenvalue weighted by atomic mass is 35.5. The molecule has 2 aromatic rings. The molecule has 82 valence electrons. The highest BCUT2D eigenvalue weighted by Gasteiger charge is 2.43. The molecule has 0 saturated heterocycles. The number of aliphatic hydroxyl groups is 1. The average Bonchev–Trinajstić information content (AvgIpc) is 3.09. The maximum atomic E-state index is 9.41. The monoisotopic (exact) mass is 232 g/mol. The molecule has 0 bridgehead atoms. The Hall–Kier alpha value is -1.05. The first-order chi connectivity index (χ1) is 7.73. The fourth-order valence-corrected chi connectivity index (χ4v) is 2.42. The van der Waals surface area contributed by atoms with Crippen LogP contribution in [0.3, 0.4) is 0 Å². The SMILES string of the molecule is OCC1(c2ccc3cc(Cl)ccc3c2)CC1. The van der Waals surface area contributed by atoms with Crippen molar-refractivity contribution in [3.8, 4) is 0 Å². The lowest BCUT2D eigenvalue weighted by molar-refractivity contribution is 0.255. The number of rotatable bonds is 2. The van der Waals surface area contributed by atoms with Crippen molar-refractivity contribution in [1.82, 2.24) is 0 Å². The van der Waals surface area contributed by atoms with Crippen LogP contribution in [0, 0.1) is 0 Å². The summed E-state index contributed by atoms with van der Waals surface area (Å²) in [6, 6.07) is 12.3. The van der Waals surface area contributed by atoms with Gasteiger partial charge in [0.1, 0.15) is 0 Å². The normalized spacial score (nSPS) is 17.6. The third-order valence-electron chi connectivity index (χ3n) is 3.57. The summed E-state index contributed by atoms with van der Waals surface area (Å²) < 4.78 is 0. The first kappa shape index (κ1) is 10.1. The molecular formula is C14H13ClO. The summed E-state index contributed by atoms with van der Waals surface area (Å²) in [5.41, 5.74) is 1.30. The third-order valence-corrected chi connectivity index (χ3v) is 3.81. The lowest BCUT2D eigenvalue weighted by Gasteiger charge is -2.12. The zero-order chi connectivity index (χ0) is 11.2. The molecule has 1 saturated carbocycles. The summed E-state index contributed by atoms with van der Waals surface area (Å²) in [4.78, 5) is 0. The van der Waals surface area contributed by atoms with Crippen LogP contribution in [0.4, 0.5) is 0 Å². The Labute approximate surface area is 99.7 Å². The van der Waals surface area contributed by atoms with Gasteiger partial charge in [-0.3, -0.25) is 0 Å². The molecule has 1 nitrogen and oxygen atoms in total. The van der Waals surface area contributed by atoms with Crippen molar-refractivity contribution in [2.75, 3.05) is 6.61 Å². The molecule has 3 rings (SSSR count). The molecule has 1 N–H and O–H groups in total. The first-order valence-electron chi connectivity index (χ1n) is 5.54. The zero-order valence-corrected chi connectivity index (χ0v) is 9.67. The van der Waals surface area contributed by atoms with Gasteiger partial charge in [0.05, 0.1) is 6.61 Å². The van der Waals surface area contributed by atoms with Crippen molar-refractivity contribution in [3.05, 3.63) is 47.0 Å². The Morgan fingerprint density at radius 3 is 2.44 bits per heavy atom. The Morgan fingerprint density at radius 1 is 1.06 bits per heavy atom. The van der Waals surface area contributed by atoms with E-state index >= 15 is 0 Å². The van der Waals surface area contributed by atoms with E-state index in [9.17, 15) is 5.11 Å². The molecule has 1 fully saturated rings. The number of benzene rings is 2. The molecule has 1 aliphatic carbocycles. The van der Waals surface area contributed by atoms with E-state index in [1.165, 1.54) is 10.9 Å². The van der Waals surface area contributed by atoms with E-state index in [-0.39, 0.29) is 12.0 Å². The fraction of sp³-hybridized carbons (Fsp3) is 0.286. The Kier molecular flexibility index (Phi) is 2.20. The summed E-state index contributed by atoms with van der Waals surface area (Å²) in [7, 11) is 0. The summed E-state index contributed by atoms with van der Waals surface area (Å²) >= 11 is 5.95. The van der Waals surface area contributed by atoms with Gasteiger partial charge in [-0.15, -0.1) is 0 Å². The highest BCUT2D eigenvalue weighted by molar-refractivity contribution is 6.31. The van der Waals surface area contributed by atoms with Crippen LogP contribution in [0.5, 0.6) is 0 Å². The Bertz CT molecular complexity index is 543. The van der Waals surface area contributed by atoms with Crippen LogP contribution in [0.2, 0.25) is 5.02 Å². The van der Waals surface area contributed by atoms with Gasteiger partial charge in [0.2, 0.25) is 0 Å². The van der Waals surface area contributed by atoms with Gasteiger partial charge in [0.15, 0.2) is 0 Å². The summed E-state index contributed by atoms with van der Waals surface area (Å²) in [5, 5.41) is 12.5. The number of hydrogen-bond donors (Lipinski definition) is 1. The van der Waals surface area contributed by atoms with Gasteiger partial charge in [-0.1, -0.05) is 35.9 Å². The largest absolute Gasteiger partial charge is 0.395 e. The second kappa shape index (κ2) is 3.47. The molecule has 2 aromatic carbocycles. The van der Waals surface area contributed by atoms with Crippen LogP contribution in [-0.2, 0) is 5.41 Å². The topological polar surface area (TPSA) is 20.2 Å². The molecule has 0 unspecified atom stereocenters. The molecule has 0 aromatic heterocycles. The van der Waals surface area contributed by atoms with Gasteiger partial charge >= 0.3 is 0 Å². The van der Waals surface area contributed by atoms with Crippen molar-refractivity contribution in [3.63, 3.8) is 0 Å². The zero-order valence-electron chi connectivity index (χ0n) is 8.91. The average molecular weight is 233 g/mol. The van der Waals surface area contributed by atoms with E-state index in [1.807, 2.05) is 18.2 Å². The molecule has 16 heavy (non-hydrogen) atoms. The van der Waals surface area contributed by atoms with Crippen LogP contribution in [0.25, 0.3) is 10.8 Å². The van der Waals surface area contributed by atoms with Gasteiger partial charge in [-0.05, 0) is 41.3 Å². The molecular weight excluding hydrogens is 220 g/mol. The van der Waals surface area contributed by atoms with Crippen molar-refractivity contribution < 1.29 is 5.11 Å². The second-order valence-corrected chi connectivity index (χ2v) is 5.08. The maximum absolute atomic E-state index is 9.41. The molecule has 0 amide bonds. The number of fused-ring (bicyclic) bond motifs is 1. The molecule has 2 heteroatoms. The van der Waals surface area contributed by atoms with Gasteiger partial charge in [0.25, 0.3) is 0 Å². The Morgan fingerprint density at radius 2 is 1.75 bits per heavy atom. The minimum Gasteiger partial charge on any atom is -0.395 e. The smallest absolute Gasteiger partial charge is 0.0527 e. The number of halogens is 1. The van der Waals surface area contributed by atoms with Crippen molar-refractivity contribution in [2.24, 2.45) is 0 Å². The van der Waals surface area contributed by atoms with E-state index in [4.69, 9.17) is 11.6 Å². The van der Waals surface area contributed by atoms with Gasteiger partial charge in [-0.25, -0.2) is 0 Å². The van der Waals surface area contributed by atoms with Gasteiger partial charge in [-0.2, -0.15) is 0 Å². The van der Waals surface area contributed by atoms with Crippen LogP contribution in [0.1, 0.15) is 18.4 Å². The van der Waals surface area contributed by atoms with Crippen molar-refractivity contribution in [1.29, 1.82) is 0 Å². The molecule has 0 radical (unpaired) electrons. The van der Waals surface area contributed by atoms with Crippen molar-refractivity contribution in [2.45, 2.75) is 18.3 Å². The van der Waals surface area contributed by atoms with Gasteiger partial charge < -0.3 is 5.11 Å². The molecule has 1 aliphatic rings. The van der Waals surface area contributed by atoms with E-state index in [0.717, 1.165) is 23.3 Å². The third kappa shape index (κ3) is 1.51. The van der Waals surface area contributed by atoms with Crippen LogP contribution in [0.15, 0.2) is 36.4 Å². The molecule has 0 atom stereocenters. The van der Waals surface area contributed by atoms with E-state index in [2.05, 4.69) is 18.2 Å². The first-order valence-corrected chi connectivity index (χ1v) is 5.92. The van der Waals surface area contributed by atoms with E-state index in [1.54, 1.807) is 0 Å². The van der Waals surface area contributed by atoms with E-state index < -0.39 is 0 Å². The van der Waals surface area contributed by atoms with Gasteiger partial charge in [0, 0.05) is 10.4 Å². The van der Waals surface area contributed by atoms with Crippen LogP contribution < -0.4 is 0 Å². The predicted octanol–water partition coefficient (Wildman–Crippen LogP) is 3.52. The fourth-order valence-electron chi connectivity index (χ4n) is 2.24. The lowest BCUT2D eigenvalue weighted by atomic mass is 9.94. The van der Waals surface area contributed by atoms with E-state index in [0.29, 0.717) is 0 Å². The maximum Gasteiger partial charge on any atom is 0.0527 e. The minimum absolute atomic E-state index is 0.0494. The quantitative estimate of drug-likeness (QED) is 0.840.